The second-order valence-electron chi connectivity index (χ2n) is 7.66. The minimum absolute atomic E-state index is 0.0381. The summed E-state index contributed by atoms with van der Waals surface area (Å²) in [6.45, 7) is 5.08. The predicted octanol–water partition coefficient (Wildman–Crippen LogP) is 2.26. The number of amides is 1. The average Bonchev–Trinajstić information content (AvgIpc) is 3.11. The molecule has 0 bridgehead atoms. The number of aromatic nitrogens is 2. The molecule has 0 spiro atoms. The fourth-order valence-corrected chi connectivity index (χ4v) is 4.03. The lowest BCUT2D eigenvalue weighted by molar-refractivity contribution is -0.133. The largest absolute Gasteiger partial charge is 0.490 e. The Morgan fingerprint density at radius 1 is 1.23 bits per heavy atom. The number of ether oxygens (including phenoxy) is 2. The monoisotopic (exact) mass is 408 g/mol. The third kappa shape index (κ3) is 3.63. The summed E-state index contributed by atoms with van der Waals surface area (Å²) in [7, 11) is 0. The Bertz CT molecular complexity index is 1090. The topological polar surface area (TPSA) is 97.4 Å². The van der Waals surface area contributed by atoms with E-state index in [9.17, 15) is 14.9 Å². The fourth-order valence-electron chi connectivity index (χ4n) is 4.03. The number of hydrogen-bond donors (Lipinski definition) is 0. The number of rotatable bonds is 3. The van der Waals surface area contributed by atoms with E-state index in [0.717, 1.165) is 35.3 Å². The molecule has 0 aliphatic carbocycles. The van der Waals surface area contributed by atoms with Crippen LogP contribution in [0.25, 0.3) is 0 Å². The summed E-state index contributed by atoms with van der Waals surface area (Å²) in [6, 6.07) is 7.66. The standard InChI is InChI=1S/C22H24N4O4/c1-14-15(2)24-26(22(28)17(14)12-23)13-21(27)25-8-3-5-18(25)16-6-7-19-20(11-16)30-10-4-9-29-19/h6-7,11,18H,3-5,8-10,13H2,1-2H3. The van der Waals surface area contributed by atoms with Gasteiger partial charge in [0.15, 0.2) is 11.5 Å². The van der Waals surface area contributed by atoms with Crippen molar-refractivity contribution in [3.05, 3.63) is 50.9 Å². The van der Waals surface area contributed by atoms with Crippen molar-refractivity contribution in [1.29, 1.82) is 5.26 Å². The lowest BCUT2D eigenvalue weighted by Gasteiger charge is -2.26. The Kier molecular flexibility index (Phi) is 5.44. The molecule has 3 heterocycles. The molecule has 30 heavy (non-hydrogen) atoms. The van der Waals surface area contributed by atoms with Gasteiger partial charge in [0, 0.05) is 13.0 Å². The van der Waals surface area contributed by atoms with Gasteiger partial charge in [0.05, 0.1) is 24.9 Å². The zero-order valence-corrected chi connectivity index (χ0v) is 17.2. The second kappa shape index (κ2) is 8.19. The first-order valence-corrected chi connectivity index (χ1v) is 10.2. The number of nitriles is 1. The van der Waals surface area contributed by atoms with E-state index in [-0.39, 0.29) is 24.1 Å². The van der Waals surface area contributed by atoms with Gasteiger partial charge in [-0.25, -0.2) is 4.68 Å². The highest BCUT2D eigenvalue weighted by molar-refractivity contribution is 5.77. The highest BCUT2D eigenvalue weighted by Crippen LogP contribution is 2.38. The van der Waals surface area contributed by atoms with Crippen LogP contribution in [0.2, 0.25) is 0 Å². The molecule has 1 saturated heterocycles. The molecule has 2 aliphatic rings. The van der Waals surface area contributed by atoms with Crippen LogP contribution in [0.1, 0.15) is 47.7 Å². The summed E-state index contributed by atoms with van der Waals surface area (Å²) in [4.78, 5) is 27.4. The molecule has 8 heteroatoms. The van der Waals surface area contributed by atoms with Crippen LogP contribution in [0.3, 0.4) is 0 Å². The normalized spacial score (nSPS) is 18.0. The molecular formula is C22H24N4O4. The van der Waals surface area contributed by atoms with Crippen LogP contribution in [0.15, 0.2) is 23.0 Å². The van der Waals surface area contributed by atoms with E-state index in [1.165, 1.54) is 0 Å². The molecule has 0 saturated carbocycles. The summed E-state index contributed by atoms with van der Waals surface area (Å²) >= 11 is 0. The van der Waals surface area contributed by atoms with Gasteiger partial charge in [-0.3, -0.25) is 9.59 Å². The maximum absolute atomic E-state index is 13.1. The Hall–Kier alpha value is -3.34. The molecule has 1 unspecified atom stereocenters. The number of carbonyl (C=O) groups excluding carboxylic acids is 1. The third-order valence-corrected chi connectivity index (χ3v) is 5.76. The smallest absolute Gasteiger partial charge is 0.285 e. The molecule has 1 aromatic carbocycles. The van der Waals surface area contributed by atoms with Gasteiger partial charge < -0.3 is 14.4 Å². The molecule has 1 amide bonds. The lowest BCUT2D eigenvalue weighted by atomic mass is 10.0. The molecular weight excluding hydrogens is 384 g/mol. The van der Waals surface area contributed by atoms with Gasteiger partial charge in [-0.15, -0.1) is 0 Å². The van der Waals surface area contributed by atoms with E-state index < -0.39 is 5.56 Å². The number of likely N-dealkylation sites (tertiary alicyclic amines) is 1. The first-order chi connectivity index (χ1) is 14.5. The van der Waals surface area contributed by atoms with Gasteiger partial charge in [0.2, 0.25) is 5.91 Å². The van der Waals surface area contributed by atoms with Crippen LogP contribution in [-0.2, 0) is 11.3 Å². The van der Waals surface area contributed by atoms with Crippen LogP contribution >= 0.6 is 0 Å². The molecule has 156 valence electrons. The van der Waals surface area contributed by atoms with Gasteiger partial charge in [-0.05, 0) is 49.9 Å². The molecule has 1 atom stereocenters. The molecule has 1 aromatic heterocycles. The number of carbonyl (C=O) groups is 1. The van der Waals surface area contributed by atoms with Crippen molar-refractivity contribution in [2.75, 3.05) is 19.8 Å². The van der Waals surface area contributed by atoms with Crippen molar-refractivity contribution in [3.8, 4) is 17.6 Å². The Balaban J connectivity index is 1.58. The number of aryl methyl sites for hydroxylation is 1. The number of benzene rings is 1. The van der Waals surface area contributed by atoms with Crippen LogP contribution < -0.4 is 15.0 Å². The van der Waals surface area contributed by atoms with Crippen LogP contribution in [0, 0.1) is 25.2 Å². The van der Waals surface area contributed by atoms with E-state index >= 15 is 0 Å². The minimum Gasteiger partial charge on any atom is -0.490 e. The summed E-state index contributed by atoms with van der Waals surface area (Å²) < 4.78 is 12.6. The van der Waals surface area contributed by atoms with Crippen LogP contribution in [0.4, 0.5) is 0 Å². The van der Waals surface area contributed by atoms with E-state index in [1.54, 1.807) is 18.7 Å². The van der Waals surface area contributed by atoms with E-state index in [4.69, 9.17) is 9.47 Å². The summed E-state index contributed by atoms with van der Waals surface area (Å²) in [5.41, 5.74) is 1.62. The molecule has 1 fully saturated rings. The number of nitrogens with zero attached hydrogens (tertiary/aromatic N) is 4. The third-order valence-electron chi connectivity index (χ3n) is 5.76. The summed E-state index contributed by atoms with van der Waals surface area (Å²) in [6.07, 6.45) is 2.55. The van der Waals surface area contributed by atoms with Gasteiger partial charge in [0.25, 0.3) is 5.56 Å². The molecule has 0 radical (unpaired) electrons. The van der Waals surface area contributed by atoms with Crippen molar-refractivity contribution in [2.24, 2.45) is 0 Å². The first-order valence-electron chi connectivity index (χ1n) is 10.2. The van der Waals surface area contributed by atoms with Crippen molar-refractivity contribution < 1.29 is 14.3 Å². The molecule has 8 nitrogen and oxygen atoms in total. The lowest BCUT2D eigenvalue weighted by Crippen LogP contribution is -2.38. The fraction of sp³-hybridized carbons (Fsp3) is 0.455. The van der Waals surface area contributed by atoms with Crippen molar-refractivity contribution >= 4 is 5.91 Å². The minimum atomic E-state index is -0.528. The number of hydrogen-bond acceptors (Lipinski definition) is 6. The maximum Gasteiger partial charge on any atom is 0.285 e. The van der Waals surface area contributed by atoms with Crippen molar-refractivity contribution in [3.63, 3.8) is 0 Å². The quantitative estimate of drug-likeness (QED) is 0.773. The van der Waals surface area contributed by atoms with E-state index in [0.29, 0.717) is 36.8 Å². The molecule has 2 aromatic rings. The summed E-state index contributed by atoms with van der Waals surface area (Å²) in [5, 5.41) is 13.5. The number of fused-ring (bicyclic) bond motifs is 1. The summed E-state index contributed by atoms with van der Waals surface area (Å²) in [5.74, 6) is 1.24. The zero-order chi connectivity index (χ0) is 21.3. The highest BCUT2D eigenvalue weighted by Gasteiger charge is 2.31. The van der Waals surface area contributed by atoms with Gasteiger partial charge in [-0.1, -0.05) is 6.07 Å². The van der Waals surface area contributed by atoms with E-state index in [1.807, 2.05) is 24.3 Å². The highest BCUT2D eigenvalue weighted by atomic mass is 16.5. The first kappa shape index (κ1) is 20.0. The van der Waals surface area contributed by atoms with Gasteiger partial charge >= 0.3 is 0 Å². The SMILES string of the molecule is Cc1nn(CC(=O)N2CCCC2c2ccc3c(c2)OCCCO3)c(=O)c(C#N)c1C. The van der Waals surface area contributed by atoms with Crippen molar-refractivity contribution in [2.45, 2.75) is 45.7 Å². The molecule has 0 N–H and O–H groups in total. The van der Waals surface area contributed by atoms with Gasteiger partial charge in [-0.2, -0.15) is 10.4 Å². The Labute approximate surface area is 174 Å². The Morgan fingerprint density at radius 2 is 2.00 bits per heavy atom. The maximum atomic E-state index is 13.1. The molecule has 4 rings (SSSR count). The predicted molar refractivity (Wildman–Crippen MR) is 108 cm³/mol. The zero-order valence-electron chi connectivity index (χ0n) is 17.2. The van der Waals surface area contributed by atoms with Crippen LogP contribution in [0.5, 0.6) is 11.5 Å². The Morgan fingerprint density at radius 3 is 2.77 bits per heavy atom. The van der Waals surface area contributed by atoms with Crippen LogP contribution in [-0.4, -0.2) is 40.3 Å². The van der Waals surface area contributed by atoms with Crippen molar-refractivity contribution in [1.82, 2.24) is 14.7 Å². The van der Waals surface area contributed by atoms with Gasteiger partial charge in [0.1, 0.15) is 18.2 Å². The molecule has 2 aliphatic heterocycles. The van der Waals surface area contributed by atoms with E-state index in [2.05, 4.69) is 5.10 Å². The second-order valence-corrected chi connectivity index (χ2v) is 7.66. The average molecular weight is 408 g/mol.